The maximum Gasteiger partial charge on any atom is 0.265 e. The molecule has 20 heavy (non-hydrogen) atoms. The van der Waals surface area contributed by atoms with Gasteiger partial charge in [-0.05, 0) is 52.3 Å². The minimum atomic E-state index is -3.82. The molecular weight excluding hydrogens is 347 g/mol. The van der Waals surface area contributed by atoms with Crippen LogP contribution in [0.25, 0.3) is 0 Å². The Kier molecular flexibility index (Phi) is 4.01. The molecule has 2 N–H and O–H groups in total. The summed E-state index contributed by atoms with van der Waals surface area (Å²) in [6, 6.07) is 9.87. The maximum atomic E-state index is 13.2. The van der Waals surface area contributed by atoms with E-state index >= 15 is 0 Å². The van der Waals surface area contributed by atoms with Crippen LogP contribution < -0.4 is 10.0 Å². The van der Waals surface area contributed by atoms with Gasteiger partial charge in [0, 0.05) is 17.2 Å². The molecule has 0 bridgehead atoms. The van der Waals surface area contributed by atoms with E-state index in [1.54, 1.807) is 12.1 Å². The van der Waals surface area contributed by atoms with Crippen molar-refractivity contribution < 1.29 is 12.8 Å². The molecule has 2 aromatic carbocycles. The molecular formula is C13H12BrFN2O2S. The highest BCUT2D eigenvalue weighted by molar-refractivity contribution is 9.10. The fourth-order valence-electron chi connectivity index (χ4n) is 1.68. The van der Waals surface area contributed by atoms with E-state index < -0.39 is 15.8 Å². The molecule has 2 aromatic rings. The van der Waals surface area contributed by atoms with E-state index in [0.29, 0.717) is 10.2 Å². The highest BCUT2D eigenvalue weighted by atomic mass is 79.9. The van der Waals surface area contributed by atoms with Crippen molar-refractivity contribution in [3.8, 4) is 0 Å². The van der Waals surface area contributed by atoms with E-state index in [2.05, 4.69) is 15.9 Å². The van der Waals surface area contributed by atoms with Gasteiger partial charge in [0.25, 0.3) is 10.0 Å². The van der Waals surface area contributed by atoms with Crippen molar-refractivity contribution in [3.05, 3.63) is 52.8 Å². The van der Waals surface area contributed by atoms with E-state index in [4.69, 9.17) is 5.73 Å². The lowest BCUT2D eigenvalue weighted by Gasteiger charge is -2.20. The highest BCUT2D eigenvalue weighted by Gasteiger charge is 2.24. The number of nitrogens with zero attached hydrogens (tertiary/aromatic N) is 1. The number of benzene rings is 2. The number of anilines is 2. The van der Waals surface area contributed by atoms with Crippen LogP contribution in [-0.4, -0.2) is 15.5 Å². The van der Waals surface area contributed by atoms with Crippen LogP contribution >= 0.6 is 15.9 Å². The molecule has 106 valence electrons. The SMILES string of the molecule is CN(c1cccc(F)c1)S(=O)(=O)c1cc(N)ccc1Br. The van der Waals surface area contributed by atoms with Gasteiger partial charge >= 0.3 is 0 Å². The first-order chi connectivity index (χ1) is 9.32. The lowest BCUT2D eigenvalue weighted by atomic mass is 10.3. The molecule has 0 heterocycles. The van der Waals surface area contributed by atoms with Gasteiger partial charge in [0.15, 0.2) is 0 Å². The summed E-state index contributed by atoms with van der Waals surface area (Å²) in [6.45, 7) is 0. The van der Waals surface area contributed by atoms with E-state index in [9.17, 15) is 12.8 Å². The van der Waals surface area contributed by atoms with Crippen molar-refractivity contribution in [2.24, 2.45) is 0 Å². The summed E-state index contributed by atoms with van der Waals surface area (Å²) >= 11 is 3.19. The van der Waals surface area contributed by atoms with Crippen LogP contribution in [0.4, 0.5) is 15.8 Å². The standard InChI is InChI=1S/C13H12BrFN2O2S/c1-17(11-4-2-3-9(15)7-11)20(18,19)13-8-10(16)5-6-12(13)14/h2-8H,16H2,1H3. The van der Waals surface area contributed by atoms with Gasteiger partial charge in [-0.1, -0.05) is 6.07 Å². The molecule has 0 saturated carbocycles. The molecule has 0 fully saturated rings. The third-order valence-corrected chi connectivity index (χ3v) is 5.54. The number of rotatable bonds is 3. The molecule has 0 atom stereocenters. The maximum absolute atomic E-state index is 13.2. The summed E-state index contributed by atoms with van der Waals surface area (Å²) < 4.78 is 39.7. The predicted octanol–water partition coefficient (Wildman–Crippen LogP) is 3.00. The Bertz CT molecular complexity index is 750. The number of hydrogen-bond acceptors (Lipinski definition) is 3. The molecule has 0 amide bonds. The Balaban J connectivity index is 2.52. The fraction of sp³-hybridized carbons (Fsp3) is 0.0769. The van der Waals surface area contributed by atoms with Gasteiger partial charge in [0.1, 0.15) is 10.7 Å². The van der Waals surface area contributed by atoms with Crippen molar-refractivity contribution in [2.45, 2.75) is 4.90 Å². The van der Waals surface area contributed by atoms with Gasteiger partial charge in [-0.2, -0.15) is 0 Å². The number of halogens is 2. The first-order valence-electron chi connectivity index (χ1n) is 5.62. The second-order valence-corrected chi connectivity index (χ2v) is 6.93. The Morgan fingerprint density at radius 1 is 1.20 bits per heavy atom. The normalized spacial score (nSPS) is 11.3. The third-order valence-electron chi connectivity index (χ3n) is 2.77. The summed E-state index contributed by atoms with van der Waals surface area (Å²) in [5.41, 5.74) is 6.19. The molecule has 0 aliphatic heterocycles. The van der Waals surface area contributed by atoms with Crippen molar-refractivity contribution in [3.63, 3.8) is 0 Å². The van der Waals surface area contributed by atoms with Crippen LogP contribution in [0.15, 0.2) is 51.8 Å². The lowest BCUT2D eigenvalue weighted by Crippen LogP contribution is -2.27. The molecule has 0 saturated heterocycles. The largest absolute Gasteiger partial charge is 0.399 e. The minimum Gasteiger partial charge on any atom is -0.399 e. The zero-order chi connectivity index (χ0) is 14.9. The zero-order valence-electron chi connectivity index (χ0n) is 10.5. The molecule has 0 aliphatic rings. The molecule has 0 spiro atoms. The quantitative estimate of drug-likeness (QED) is 0.857. The van der Waals surface area contributed by atoms with Gasteiger partial charge in [0.2, 0.25) is 0 Å². The summed E-state index contributed by atoms with van der Waals surface area (Å²) in [5.74, 6) is -0.504. The molecule has 0 unspecified atom stereocenters. The predicted molar refractivity (Wildman–Crippen MR) is 80.5 cm³/mol. The Hall–Kier alpha value is -1.60. The average molecular weight is 359 g/mol. The van der Waals surface area contributed by atoms with Crippen molar-refractivity contribution in [2.75, 3.05) is 17.1 Å². The summed E-state index contributed by atoms with van der Waals surface area (Å²) in [4.78, 5) is 0.0317. The Morgan fingerprint density at radius 3 is 2.55 bits per heavy atom. The van der Waals surface area contributed by atoms with Crippen LogP contribution in [0.2, 0.25) is 0 Å². The Labute approximate surface area is 125 Å². The first-order valence-corrected chi connectivity index (χ1v) is 7.85. The monoisotopic (exact) mass is 358 g/mol. The number of hydrogen-bond donors (Lipinski definition) is 1. The zero-order valence-corrected chi connectivity index (χ0v) is 12.9. The van der Waals surface area contributed by atoms with Crippen molar-refractivity contribution >= 4 is 37.3 Å². The lowest BCUT2D eigenvalue weighted by molar-refractivity contribution is 0.593. The van der Waals surface area contributed by atoms with Gasteiger partial charge in [-0.15, -0.1) is 0 Å². The van der Waals surface area contributed by atoms with Gasteiger partial charge in [0.05, 0.1) is 5.69 Å². The Morgan fingerprint density at radius 2 is 1.90 bits per heavy atom. The van der Waals surface area contributed by atoms with Gasteiger partial charge in [-0.25, -0.2) is 12.8 Å². The number of nitrogens with two attached hydrogens (primary N) is 1. The van der Waals surface area contributed by atoms with Crippen LogP contribution in [0.3, 0.4) is 0 Å². The molecule has 0 aromatic heterocycles. The molecule has 0 radical (unpaired) electrons. The average Bonchev–Trinajstić information content (AvgIpc) is 2.40. The molecule has 7 heteroatoms. The topological polar surface area (TPSA) is 63.4 Å². The summed E-state index contributed by atoms with van der Waals surface area (Å²) in [7, 11) is -2.46. The van der Waals surface area contributed by atoms with Crippen LogP contribution in [0.5, 0.6) is 0 Å². The van der Waals surface area contributed by atoms with Crippen molar-refractivity contribution in [1.29, 1.82) is 0 Å². The number of nitrogen functional groups attached to an aromatic ring is 1. The third kappa shape index (κ3) is 2.78. The van der Waals surface area contributed by atoms with Crippen LogP contribution in [-0.2, 0) is 10.0 Å². The van der Waals surface area contributed by atoms with E-state index in [0.717, 1.165) is 10.4 Å². The molecule has 2 rings (SSSR count). The van der Waals surface area contributed by atoms with E-state index in [1.807, 2.05) is 0 Å². The van der Waals surface area contributed by atoms with Gasteiger partial charge < -0.3 is 5.73 Å². The van der Waals surface area contributed by atoms with Crippen LogP contribution in [0.1, 0.15) is 0 Å². The van der Waals surface area contributed by atoms with Crippen molar-refractivity contribution in [1.82, 2.24) is 0 Å². The minimum absolute atomic E-state index is 0.0317. The first kappa shape index (κ1) is 14.8. The fourth-order valence-corrected chi connectivity index (χ4v) is 3.82. The molecule has 4 nitrogen and oxygen atoms in total. The molecule has 0 aliphatic carbocycles. The summed E-state index contributed by atoms with van der Waals surface area (Å²) in [6.07, 6.45) is 0. The van der Waals surface area contributed by atoms with E-state index in [1.165, 1.54) is 31.3 Å². The van der Waals surface area contributed by atoms with E-state index in [-0.39, 0.29) is 10.6 Å². The van der Waals surface area contributed by atoms with Gasteiger partial charge in [-0.3, -0.25) is 4.31 Å². The second kappa shape index (κ2) is 5.41. The second-order valence-electron chi connectivity index (χ2n) is 4.14. The highest BCUT2D eigenvalue weighted by Crippen LogP contribution is 2.29. The summed E-state index contributed by atoms with van der Waals surface area (Å²) in [5, 5.41) is 0. The van der Waals surface area contributed by atoms with Crippen LogP contribution in [0, 0.1) is 5.82 Å². The smallest absolute Gasteiger partial charge is 0.265 e. The number of sulfonamides is 1.